The van der Waals surface area contributed by atoms with Crippen LogP contribution in [-0.4, -0.2) is 28.0 Å². The van der Waals surface area contributed by atoms with Crippen molar-refractivity contribution >= 4 is 40.2 Å². The summed E-state index contributed by atoms with van der Waals surface area (Å²) in [6.45, 7) is 1.59. The van der Waals surface area contributed by atoms with E-state index in [1.165, 1.54) is 0 Å². The molecular weight excluding hydrogens is 368 g/mol. The van der Waals surface area contributed by atoms with Crippen LogP contribution in [-0.2, 0) is 11.3 Å². The minimum atomic E-state index is -0.0946. The van der Waals surface area contributed by atoms with Gasteiger partial charge in [-0.15, -0.1) is 12.4 Å². The quantitative estimate of drug-likeness (QED) is 0.851. The molecule has 1 aliphatic rings. The molecule has 22 heavy (non-hydrogen) atoms. The molecule has 0 bridgehead atoms. The Morgan fingerprint density at radius 1 is 1.41 bits per heavy atom. The molecule has 0 saturated carbocycles. The van der Waals surface area contributed by atoms with E-state index in [4.69, 9.17) is 0 Å². The van der Waals surface area contributed by atoms with Crippen molar-refractivity contribution in [3.05, 3.63) is 46.7 Å². The number of amides is 1. The first-order chi connectivity index (χ1) is 10.2. The molecule has 0 spiro atoms. The van der Waals surface area contributed by atoms with Crippen molar-refractivity contribution in [1.29, 1.82) is 0 Å². The molecule has 1 saturated heterocycles. The van der Waals surface area contributed by atoms with Crippen LogP contribution in [0.15, 0.2) is 41.1 Å². The summed E-state index contributed by atoms with van der Waals surface area (Å²) >= 11 is 3.43. The Balaban J connectivity index is 0.00000176. The van der Waals surface area contributed by atoms with Gasteiger partial charge in [-0.3, -0.25) is 10.1 Å². The maximum absolute atomic E-state index is 12.1. The first-order valence-electron chi connectivity index (χ1n) is 7.02. The minimum absolute atomic E-state index is 0. The van der Waals surface area contributed by atoms with Crippen molar-refractivity contribution in [2.24, 2.45) is 0 Å². The SMILES string of the molecule is Cl.O=C(Nc1nccn1Cc1ccc(Br)cc1)C1CCCN1. The molecule has 7 heteroatoms. The highest BCUT2D eigenvalue weighted by molar-refractivity contribution is 9.10. The number of carbonyl (C=O) groups is 1. The van der Waals surface area contributed by atoms with Gasteiger partial charge in [0.25, 0.3) is 0 Å². The zero-order valence-corrected chi connectivity index (χ0v) is 14.4. The zero-order chi connectivity index (χ0) is 14.7. The Labute approximate surface area is 144 Å². The number of hydrogen-bond acceptors (Lipinski definition) is 3. The summed E-state index contributed by atoms with van der Waals surface area (Å²) in [5.74, 6) is 0.590. The minimum Gasteiger partial charge on any atom is -0.313 e. The average Bonchev–Trinajstić information content (AvgIpc) is 3.14. The zero-order valence-electron chi connectivity index (χ0n) is 12.0. The third-order valence-corrected chi connectivity index (χ3v) is 4.12. The number of imidazole rings is 1. The molecule has 1 aromatic carbocycles. The fraction of sp³-hybridized carbons (Fsp3) is 0.333. The molecule has 2 heterocycles. The Morgan fingerprint density at radius 2 is 2.18 bits per heavy atom. The van der Waals surface area contributed by atoms with Crippen LogP contribution in [0.25, 0.3) is 0 Å². The molecule has 1 atom stereocenters. The van der Waals surface area contributed by atoms with Gasteiger partial charge in [0, 0.05) is 16.9 Å². The largest absolute Gasteiger partial charge is 0.313 e. The summed E-state index contributed by atoms with van der Waals surface area (Å²) < 4.78 is 2.99. The second kappa shape index (κ2) is 7.76. The molecule has 5 nitrogen and oxygen atoms in total. The van der Waals surface area contributed by atoms with Crippen LogP contribution in [0.1, 0.15) is 18.4 Å². The molecule has 1 unspecified atom stereocenters. The molecule has 3 rings (SSSR count). The first kappa shape index (κ1) is 17.0. The van der Waals surface area contributed by atoms with E-state index >= 15 is 0 Å². The lowest BCUT2D eigenvalue weighted by Gasteiger charge is -2.12. The van der Waals surface area contributed by atoms with E-state index in [0.29, 0.717) is 12.5 Å². The van der Waals surface area contributed by atoms with E-state index in [2.05, 4.69) is 31.5 Å². The predicted octanol–water partition coefficient (Wildman–Crippen LogP) is 2.81. The van der Waals surface area contributed by atoms with Crippen LogP contribution in [0.3, 0.4) is 0 Å². The Kier molecular flexibility index (Phi) is 5.99. The first-order valence-corrected chi connectivity index (χ1v) is 7.81. The molecule has 118 valence electrons. The third kappa shape index (κ3) is 4.09. The van der Waals surface area contributed by atoms with Gasteiger partial charge in [0.1, 0.15) is 0 Å². The van der Waals surface area contributed by atoms with Crippen LogP contribution in [0, 0.1) is 0 Å². The lowest BCUT2D eigenvalue weighted by molar-refractivity contribution is -0.117. The van der Waals surface area contributed by atoms with Crippen molar-refractivity contribution < 1.29 is 4.79 Å². The number of nitrogens with one attached hydrogen (secondary N) is 2. The van der Waals surface area contributed by atoms with E-state index in [-0.39, 0.29) is 24.4 Å². The molecule has 1 fully saturated rings. The van der Waals surface area contributed by atoms with E-state index in [1.54, 1.807) is 6.20 Å². The topological polar surface area (TPSA) is 59.0 Å². The van der Waals surface area contributed by atoms with Crippen LogP contribution >= 0.6 is 28.3 Å². The molecule has 0 radical (unpaired) electrons. The molecular formula is C15H18BrClN4O. The smallest absolute Gasteiger partial charge is 0.243 e. The van der Waals surface area contributed by atoms with Gasteiger partial charge in [0.15, 0.2) is 0 Å². The summed E-state index contributed by atoms with van der Waals surface area (Å²) in [4.78, 5) is 16.4. The second-order valence-corrected chi connectivity index (χ2v) is 6.06. The number of halogens is 2. The van der Waals surface area contributed by atoms with Gasteiger partial charge in [0.05, 0.1) is 12.6 Å². The number of aromatic nitrogens is 2. The monoisotopic (exact) mass is 384 g/mol. The number of benzene rings is 1. The normalized spacial score (nSPS) is 17.0. The molecule has 2 N–H and O–H groups in total. The van der Waals surface area contributed by atoms with Crippen LogP contribution in [0.5, 0.6) is 0 Å². The van der Waals surface area contributed by atoms with Crippen LogP contribution in [0.2, 0.25) is 0 Å². The maximum Gasteiger partial charge on any atom is 0.243 e. The van der Waals surface area contributed by atoms with Gasteiger partial charge in [0.2, 0.25) is 11.9 Å². The van der Waals surface area contributed by atoms with Crippen molar-refractivity contribution in [3.63, 3.8) is 0 Å². The Bertz CT molecular complexity index is 623. The van der Waals surface area contributed by atoms with Crippen molar-refractivity contribution in [1.82, 2.24) is 14.9 Å². The summed E-state index contributed by atoms with van der Waals surface area (Å²) in [7, 11) is 0. The van der Waals surface area contributed by atoms with Gasteiger partial charge in [-0.05, 0) is 37.1 Å². The van der Waals surface area contributed by atoms with Crippen molar-refractivity contribution in [2.75, 3.05) is 11.9 Å². The average molecular weight is 386 g/mol. The highest BCUT2D eigenvalue weighted by Crippen LogP contribution is 2.14. The lowest BCUT2D eigenvalue weighted by Crippen LogP contribution is -2.36. The highest BCUT2D eigenvalue weighted by atomic mass is 79.9. The van der Waals surface area contributed by atoms with Gasteiger partial charge in [-0.25, -0.2) is 4.98 Å². The number of carbonyl (C=O) groups excluding carboxylic acids is 1. The van der Waals surface area contributed by atoms with Crippen LogP contribution in [0.4, 0.5) is 5.95 Å². The number of rotatable bonds is 4. The van der Waals surface area contributed by atoms with Crippen LogP contribution < -0.4 is 10.6 Å². The van der Waals surface area contributed by atoms with Crippen molar-refractivity contribution in [3.8, 4) is 0 Å². The Morgan fingerprint density at radius 3 is 2.86 bits per heavy atom. The summed E-state index contributed by atoms with van der Waals surface area (Å²) in [6, 6.07) is 8.02. The maximum atomic E-state index is 12.1. The number of hydrogen-bond donors (Lipinski definition) is 2. The lowest BCUT2D eigenvalue weighted by atomic mass is 10.2. The fourth-order valence-electron chi connectivity index (χ4n) is 2.45. The molecule has 1 aliphatic heterocycles. The van der Waals surface area contributed by atoms with Gasteiger partial charge in [-0.2, -0.15) is 0 Å². The van der Waals surface area contributed by atoms with E-state index in [1.807, 2.05) is 35.0 Å². The molecule has 1 amide bonds. The van der Waals surface area contributed by atoms with Gasteiger partial charge >= 0.3 is 0 Å². The second-order valence-electron chi connectivity index (χ2n) is 5.14. The summed E-state index contributed by atoms with van der Waals surface area (Å²) in [6.07, 6.45) is 5.51. The van der Waals surface area contributed by atoms with Gasteiger partial charge in [-0.1, -0.05) is 28.1 Å². The predicted molar refractivity (Wildman–Crippen MR) is 92.4 cm³/mol. The number of nitrogens with zero attached hydrogens (tertiary/aromatic N) is 2. The van der Waals surface area contributed by atoms with E-state index < -0.39 is 0 Å². The Hall–Kier alpha value is -1.37. The third-order valence-electron chi connectivity index (χ3n) is 3.59. The summed E-state index contributed by atoms with van der Waals surface area (Å²) in [5.41, 5.74) is 1.16. The van der Waals surface area contributed by atoms with Crippen molar-refractivity contribution in [2.45, 2.75) is 25.4 Å². The summed E-state index contributed by atoms with van der Waals surface area (Å²) in [5, 5.41) is 6.10. The molecule has 0 aliphatic carbocycles. The highest BCUT2D eigenvalue weighted by Gasteiger charge is 2.22. The van der Waals surface area contributed by atoms with E-state index in [0.717, 1.165) is 29.4 Å². The van der Waals surface area contributed by atoms with E-state index in [9.17, 15) is 4.79 Å². The standard InChI is InChI=1S/C15H17BrN4O.ClH/c16-12-5-3-11(4-6-12)10-20-9-8-18-15(20)19-14(21)13-2-1-7-17-13;/h3-6,8-9,13,17H,1-2,7,10H2,(H,18,19,21);1H. The fourth-order valence-corrected chi connectivity index (χ4v) is 2.72. The molecule has 1 aromatic heterocycles. The molecule has 2 aromatic rings. The van der Waals surface area contributed by atoms with Gasteiger partial charge < -0.3 is 9.88 Å². The number of anilines is 1.